The Hall–Kier alpha value is -1.74. The molecule has 1 saturated carbocycles. The third-order valence-electron chi connectivity index (χ3n) is 5.34. The van der Waals surface area contributed by atoms with Gasteiger partial charge in [-0.25, -0.2) is 13.4 Å². The molecule has 0 radical (unpaired) electrons. The summed E-state index contributed by atoms with van der Waals surface area (Å²) in [5, 5.41) is 4.27. The number of rotatable bonds is 4. The molecule has 0 spiro atoms. The number of fused-ring (bicyclic) bond motifs is 1. The minimum atomic E-state index is -3.59. The molecular weight excluding hydrogens is 330 g/mol. The molecule has 24 heavy (non-hydrogen) atoms. The first-order valence-electron chi connectivity index (χ1n) is 8.27. The highest BCUT2D eigenvalue weighted by Gasteiger charge is 2.56. The van der Waals surface area contributed by atoms with Crippen molar-refractivity contribution in [1.29, 1.82) is 0 Å². The number of hydrogen-bond donors (Lipinski definition) is 0. The highest BCUT2D eigenvalue weighted by molar-refractivity contribution is 7.89. The van der Waals surface area contributed by atoms with E-state index in [0.29, 0.717) is 31.2 Å². The van der Waals surface area contributed by atoms with Crippen LogP contribution in [0, 0.1) is 5.92 Å². The molecule has 0 aromatic carbocycles. The zero-order valence-corrected chi connectivity index (χ0v) is 14.7. The average Bonchev–Trinajstić information content (AvgIpc) is 3.28. The van der Waals surface area contributed by atoms with E-state index in [4.69, 9.17) is 4.52 Å². The van der Waals surface area contributed by atoms with Crippen LogP contribution in [0.5, 0.6) is 0 Å². The third kappa shape index (κ3) is 2.21. The van der Waals surface area contributed by atoms with Gasteiger partial charge >= 0.3 is 0 Å². The van der Waals surface area contributed by atoms with Gasteiger partial charge in [-0.05, 0) is 18.8 Å². The van der Waals surface area contributed by atoms with Crippen molar-refractivity contribution in [1.82, 2.24) is 24.0 Å². The topological polar surface area (TPSA) is 94.1 Å². The standard InChI is InChI=1S/C15H21N5O3S/c1-3-12-17-14(18-23-12)15-6-4-5-11(15)7-20(9-15)24(21,22)13-8-19(2)10-16-13/h8,10-11H,3-7,9H2,1-2H3. The van der Waals surface area contributed by atoms with Gasteiger partial charge < -0.3 is 9.09 Å². The number of sulfonamides is 1. The van der Waals surface area contributed by atoms with Crippen molar-refractivity contribution in [2.24, 2.45) is 13.0 Å². The molecule has 8 nitrogen and oxygen atoms in total. The van der Waals surface area contributed by atoms with Gasteiger partial charge in [0.25, 0.3) is 10.0 Å². The van der Waals surface area contributed by atoms with E-state index in [1.807, 2.05) is 6.92 Å². The second-order valence-electron chi connectivity index (χ2n) is 6.79. The van der Waals surface area contributed by atoms with Gasteiger partial charge in [-0.15, -0.1) is 0 Å². The van der Waals surface area contributed by atoms with Gasteiger partial charge in [0, 0.05) is 32.8 Å². The van der Waals surface area contributed by atoms with Gasteiger partial charge in [0.05, 0.1) is 11.7 Å². The summed E-state index contributed by atoms with van der Waals surface area (Å²) < 4.78 is 34.3. The maximum absolute atomic E-state index is 12.9. The molecule has 2 aromatic heterocycles. The molecule has 2 atom stereocenters. The lowest BCUT2D eigenvalue weighted by Crippen LogP contribution is -2.35. The fraction of sp³-hybridized carbons (Fsp3) is 0.667. The predicted molar refractivity (Wildman–Crippen MR) is 84.7 cm³/mol. The van der Waals surface area contributed by atoms with Gasteiger partial charge in [-0.2, -0.15) is 9.29 Å². The largest absolute Gasteiger partial charge is 0.339 e. The summed E-state index contributed by atoms with van der Waals surface area (Å²) in [4.78, 5) is 8.54. The molecular formula is C15H21N5O3S. The molecule has 2 aliphatic rings. The summed E-state index contributed by atoms with van der Waals surface area (Å²) in [5.41, 5.74) is -0.321. The van der Waals surface area contributed by atoms with E-state index in [1.54, 1.807) is 22.1 Å². The first kappa shape index (κ1) is 15.8. The fourth-order valence-corrected chi connectivity index (χ4v) is 5.57. The quantitative estimate of drug-likeness (QED) is 0.819. The molecule has 2 aromatic rings. The van der Waals surface area contributed by atoms with Crippen LogP contribution in [0.25, 0.3) is 0 Å². The molecule has 2 fully saturated rings. The molecule has 1 saturated heterocycles. The van der Waals surface area contributed by atoms with Crippen LogP contribution in [0.3, 0.4) is 0 Å². The molecule has 3 heterocycles. The summed E-state index contributed by atoms with van der Waals surface area (Å²) in [6.45, 7) is 2.86. The highest BCUT2D eigenvalue weighted by Crippen LogP contribution is 2.50. The SMILES string of the molecule is CCc1nc(C23CCCC2CN(S(=O)(=O)c2cn(C)cn2)C3)no1. The summed E-state index contributed by atoms with van der Waals surface area (Å²) in [6.07, 6.45) is 6.69. The van der Waals surface area contributed by atoms with E-state index < -0.39 is 10.0 Å². The lowest BCUT2D eigenvalue weighted by Gasteiger charge is -2.24. The molecule has 1 aliphatic heterocycles. The maximum Gasteiger partial charge on any atom is 0.262 e. The molecule has 0 bridgehead atoms. The van der Waals surface area contributed by atoms with Crippen LogP contribution in [0.2, 0.25) is 0 Å². The first-order valence-corrected chi connectivity index (χ1v) is 9.71. The molecule has 9 heteroatoms. The van der Waals surface area contributed by atoms with Crippen molar-refractivity contribution < 1.29 is 12.9 Å². The Morgan fingerprint density at radius 2 is 2.29 bits per heavy atom. The smallest absolute Gasteiger partial charge is 0.262 e. The zero-order chi connectivity index (χ0) is 16.9. The van der Waals surface area contributed by atoms with Gasteiger partial charge in [0.2, 0.25) is 5.89 Å². The van der Waals surface area contributed by atoms with Crippen molar-refractivity contribution in [3.05, 3.63) is 24.2 Å². The molecule has 2 unspecified atom stereocenters. The normalized spacial score (nSPS) is 27.7. The van der Waals surface area contributed by atoms with Gasteiger partial charge in [-0.1, -0.05) is 18.5 Å². The Balaban J connectivity index is 1.68. The van der Waals surface area contributed by atoms with Gasteiger partial charge in [-0.3, -0.25) is 0 Å². The Labute approximate surface area is 140 Å². The van der Waals surface area contributed by atoms with Crippen LogP contribution in [0.4, 0.5) is 0 Å². The maximum atomic E-state index is 12.9. The Bertz CT molecular complexity index is 858. The lowest BCUT2D eigenvalue weighted by molar-refractivity contribution is 0.329. The van der Waals surface area contributed by atoms with Crippen LogP contribution < -0.4 is 0 Å². The van der Waals surface area contributed by atoms with Crippen molar-refractivity contribution in [3.8, 4) is 0 Å². The molecule has 4 rings (SSSR count). The number of nitrogens with zero attached hydrogens (tertiary/aromatic N) is 5. The minimum Gasteiger partial charge on any atom is -0.339 e. The van der Waals surface area contributed by atoms with E-state index in [2.05, 4.69) is 15.1 Å². The van der Waals surface area contributed by atoms with Crippen molar-refractivity contribution >= 4 is 10.0 Å². The molecule has 0 amide bonds. The summed E-state index contributed by atoms with van der Waals surface area (Å²) in [6, 6.07) is 0. The second-order valence-corrected chi connectivity index (χ2v) is 8.67. The second kappa shape index (κ2) is 5.38. The van der Waals surface area contributed by atoms with E-state index in [1.165, 1.54) is 6.33 Å². The minimum absolute atomic E-state index is 0.0995. The van der Waals surface area contributed by atoms with Gasteiger partial charge in [0.15, 0.2) is 10.9 Å². The Morgan fingerprint density at radius 1 is 1.46 bits per heavy atom. The van der Waals surface area contributed by atoms with E-state index >= 15 is 0 Å². The fourth-order valence-electron chi connectivity index (χ4n) is 4.05. The number of imidazole rings is 1. The van der Waals surface area contributed by atoms with Crippen molar-refractivity contribution in [2.75, 3.05) is 13.1 Å². The van der Waals surface area contributed by atoms with Crippen LogP contribution in [0.15, 0.2) is 22.1 Å². The van der Waals surface area contributed by atoms with E-state index in [9.17, 15) is 8.42 Å². The van der Waals surface area contributed by atoms with Crippen LogP contribution >= 0.6 is 0 Å². The first-order chi connectivity index (χ1) is 11.5. The molecule has 130 valence electrons. The summed E-state index contributed by atoms with van der Waals surface area (Å²) in [7, 11) is -1.83. The number of hydrogen-bond acceptors (Lipinski definition) is 6. The Morgan fingerprint density at radius 3 is 2.96 bits per heavy atom. The van der Waals surface area contributed by atoms with E-state index in [-0.39, 0.29) is 16.4 Å². The van der Waals surface area contributed by atoms with Crippen LogP contribution in [0.1, 0.15) is 37.9 Å². The van der Waals surface area contributed by atoms with Gasteiger partial charge in [0.1, 0.15) is 0 Å². The lowest BCUT2D eigenvalue weighted by atomic mass is 9.80. The average molecular weight is 351 g/mol. The van der Waals surface area contributed by atoms with E-state index in [0.717, 1.165) is 19.3 Å². The monoisotopic (exact) mass is 351 g/mol. The number of aromatic nitrogens is 4. The number of aryl methyl sites for hydroxylation is 2. The summed E-state index contributed by atoms with van der Waals surface area (Å²) >= 11 is 0. The summed E-state index contributed by atoms with van der Waals surface area (Å²) in [5.74, 6) is 1.51. The molecule has 0 N–H and O–H groups in total. The van der Waals surface area contributed by atoms with Crippen molar-refractivity contribution in [2.45, 2.75) is 43.0 Å². The third-order valence-corrected chi connectivity index (χ3v) is 7.04. The van der Waals surface area contributed by atoms with Crippen LogP contribution in [-0.4, -0.2) is 45.5 Å². The molecule has 1 aliphatic carbocycles. The Kier molecular flexibility index (Phi) is 3.54. The predicted octanol–water partition coefficient (Wildman–Crippen LogP) is 1.11. The van der Waals surface area contributed by atoms with Crippen molar-refractivity contribution in [3.63, 3.8) is 0 Å². The van der Waals surface area contributed by atoms with Crippen LogP contribution in [-0.2, 0) is 28.9 Å². The zero-order valence-electron chi connectivity index (χ0n) is 13.8. The highest BCUT2D eigenvalue weighted by atomic mass is 32.2.